The quantitative estimate of drug-likeness (QED) is 0.0679. The molecule has 0 amide bonds. The van der Waals surface area contributed by atoms with Crippen molar-refractivity contribution in [3.05, 3.63) is 0 Å². The number of rotatable bonds is 20. The Bertz CT molecular complexity index is 735. The first kappa shape index (κ1) is 35.9. The molecule has 0 spiro atoms. The second-order valence-electron chi connectivity index (χ2n) is 9.91. The molecule has 14 heteroatoms. The van der Waals surface area contributed by atoms with Crippen LogP contribution in [0.1, 0.15) is 90.9 Å². The number of phosphoric acid groups is 1. The van der Waals surface area contributed by atoms with Gasteiger partial charge in [0.15, 0.2) is 6.10 Å². The van der Waals surface area contributed by atoms with Gasteiger partial charge in [0.05, 0.1) is 6.61 Å². The van der Waals surface area contributed by atoms with Gasteiger partial charge in [-0.25, -0.2) is 4.57 Å². The molecular formula is C25H47O13P. The van der Waals surface area contributed by atoms with Crippen molar-refractivity contribution in [2.75, 3.05) is 13.2 Å². The fourth-order valence-corrected chi connectivity index (χ4v) is 5.02. The number of phosphoric ester groups is 1. The van der Waals surface area contributed by atoms with Crippen LogP contribution in [0.4, 0.5) is 0 Å². The van der Waals surface area contributed by atoms with E-state index in [1.165, 1.54) is 0 Å². The third kappa shape index (κ3) is 13.8. The minimum Gasteiger partial charge on any atom is -0.462 e. The van der Waals surface area contributed by atoms with Crippen molar-refractivity contribution < 1.29 is 63.1 Å². The number of aliphatic hydroxyl groups is 5. The molecule has 6 N–H and O–H groups in total. The van der Waals surface area contributed by atoms with E-state index in [1.54, 1.807) is 0 Å². The minimum absolute atomic E-state index is 0.0947. The fraction of sp³-hybridized carbons (Fsp3) is 0.920. The lowest BCUT2D eigenvalue weighted by Gasteiger charge is -2.41. The first-order valence-corrected chi connectivity index (χ1v) is 15.3. The molecule has 1 saturated carbocycles. The van der Waals surface area contributed by atoms with E-state index < -0.39 is 75.7 Å². The highest BCUT2D eigenvalue weighted by molar-refractivity contribution is 7.47. The Morgan fingerprint density at radius 1 is 0.692 bits per heavy atom. The Kier molecular flexibility index (Phi) is 17.5. The van der Waals surface area contributed by atoms with Gasteiger partial charge >= 0.3 is 19.8 Å². The summed E-state index contributed by atoms with van der Waals surface area (Å²) in [7, 11) is -5.07. The Labute approximate surface area is 230 Å². The van der Waals surface area contributed by atoms with Gasteiger partial charge in [0.25, 0.3) is 0 Å². The third-order valence-corrected chi connectivity index (χ3v) is 7.43. The predicted octanol–water partition coefficient (Wildman–Crippen LogP) is 1.48. The molecule has 230 valence electrons. The molecule has 0 saturated heterocycles. The molecule has 1 aliphatic carbocycles. The number of aliphatic hydroxyl groups excluding tert-OH is 5. The summed E-state index contributed by atoms with van der Waals surface area (Å²) in [4.78, 5) is 34.5. The zero-order chi connectivity index (χ0) is 29.4. The zero-order valence-corrected chi connectivity index (χ0v) is 23.8. The van der Waals surface area contributed by atoms with E-state index in [0.717, 1.165) is 51.4 Å². The number of hydrogen-bond donors (Lipinski definition) is 6. The summed E-state index contributed by atoms with van der Waals surface area (Å²) in [5.41, 5.74) is 0. The molecule has 1 aliphatic rings. The van der Waals surface area contributed by atoms with Crippen LogP contribution < -0.4 is 0 Å². The smallest absolute Gasteiger partial charge is 0.462 e. The van der Waals surface area contributed by atoms with Crippen molar-refractivity contribution in [3.8, 4) is 0 Å². The van der Waals surface area contributed by atoms with Crippen LogP contribution in [-0.2, 0) is 32.7 Å². The van der Waals surface area contributed by atoms with E-state index in [4.69, 9.17) is 18.5 Å². The molecule has 0 aromatic heterocycles. The number of carbonyl (C=O) groups excluding carboxylic acids is 2. The minimum atomic E-state index is -5.07. The molecule has 4 unspecified atom stereocenters. The van der Waals surface area contributed by atoms with Gasteiger partial charge in [0, 0.05) is 12.8 Å². The van der Waals surface area contributed by atoms with E-state index in [1.807, 2.05) is 0 Å². The molecule has 0 aliphatic heterocycles. The molecule has 0 heterocycles. The van der Waals surface area contributed by atoms with Gasteiger partial charge in [-0.3, -0.25) is 18.6 Å². The second-order valence-corrected chi connectivity index (χ2v) is 11.3. The van der Waals surface area contributed by atoms with E-state index in [9.17, 15) is 44.6 Å². The van der Waals surface area contributed by atoms with Crippen molar-refractivity contribution >= 4 is 19.8 Å². The number of esters is 2. The molecule has 0 bridgehead atoms. The highest BCUT2D eigenvalue weighted by Crippen LogP contribution is 2.47. The summed E-state index contributed by atoms with van der Waals surface area (Å²) < 4.78 is 32.6. The van der Waals surface area contributed by atoms with Crippen LogP contribution in [0.25, 0.3) is 0 Å². The Morgan fingerprint density at radius 2 is 1.15 bits per heavy atom. The zero-order valence-electron chi connectivity index (χ0n) is 22.9. The van der Waals surface area contributed by atoms with Crippen LogP contribution >= 0.6 is 7.82 Å². The molecule has 1 rings (SSSR count). The van der Waals surface area contributed by atoms with Crippen molar-refractivity contribution in [2.24, 2.45) is 0 Å². The summed E-state index contributed by atoms with van der Waals surface area (Å²) in [6.45, 7) is 2.98. The molecule has 0 radical (unpaired) electrons. The second kappa shape index (κ2) is 19.1. The maximum Gasteiger partial charge on any atom is 0.472 e. The highest BCUT2D eigenvalue weighted by atomic mass is 31.2. The average molecular weight is 587 g/mol. The predicted molar refractivity (Wildman–Crippen MR) is 138 cm³/mol. The molecule has 0 aromatic carbocycles. The van der Waals surface area contributed by atoms with Gasteiger partial charge < -0.3 is 39.9 Å². The van der Waals surface area contributed by atoms with Gasteiger partial charge in [0.1, 0.15) is 43.2 Å². The van der Waals surface area contributed by atoms with Crippen molar-refractivity contribution in [1.82, 2.24) is 0 Å². The molecule has 39 heavy (non-hydrogen) atoms. The van der Waals surface area contributed by atoms with Gasteiger partial charge in [0.2, 0.25) is 0 Å². The van der Waals surface area contributed by atoms with E-state index in [-0.39, 0.29) is 12.8 Å². The van der Waals surface area contributed by atoms with Crippen molar-refractivity contribution in [3.63, 3.8) is 0 Å². The maximum absolute atomic E-state index is 12.5. The number of carbonyl (C=O) groups is 2. The molecular weight excluding hydrogens is 539 g/mol. The number of ether oxygens (including phenoxy) is 2. The first-order valence-electron chi connectivity index (χ1n) is 13.8. The summed E-state index contributed by atoms with van der Waals surface area (Å²) in [6.07, 6.45) is -3.78. The Balaban J connectivity index is 2.70. The van der Waals surface area contributed by atoms with Crippen LogP contribution in [0.3, 0.4) is 0 Å². The number of hydrogen-bond acceptors (Lipinski definition) is 12. The van der Waals surface area contributed by atoms with Crippen LogP contribution in [0.2, 0.25) is 0 Å². The van der Waals surface area contributed by atoms with Gasteiger partial charge in [-0.05, 0) is 12.8 Å². The highest BCUT2D eigenvalue weighted by Gasteiger charge is 2.51. The molecule has 8 atom stereocenters. The fourth-order valence-electron chi connectivity index (χ4n) is 4.05. The lowest BCUT2D eigenvalue weighted by Crippen LogP contribution is -2.64. The van der Waals surface area contributed by atoms with E-state index >= 15 is 0 Å². The Hall–Kier alpha value is -1.15. The monoisotopic (exact) mass is 586 g/mol. The maximum atomic E-state index is 12.5. The van der Waals surface area contributed by atoms with Gasteiger partial charge in [-0.15, -0.1) is 0 Å². The van der Waals surface area contributed by atoms with Crippen molar-refractivity contribution in [1.29, 1.82) is 0 Å². The standard InChI is InChI=1S/C25H47O13P/c1-3-5-7-9-11-13-18(26)35-15-17(37-19(27)14-12-10-8-6-4-2)16-36-39(33,34)38-25-23(31)21(29)20(28)22(30)24(25)32/h17,20-25,28-32H,3-16H2,1-2H3,(H,33,34)/t17?,20?,21-,22+,23-,24-,25?/m1/s1. The van der Waals surface area contributed by atoms with E-state index in [2.05, 4.69) is 13.8 Å². The van der Waals surface area contributed by atoms with Crippen LogP contribution in [0.15, 0.2) is 0 Å². The van der Waals surface area contributed by atoms with Crippen LogP contribution in [0, 0.1) is 0 Å². The summed E-state index contributed by atoms with van der Waals surface area (Å²) in [6, 6.07) is 0. The summed E-state index contributed by atoms with van der Waals surface area (Å²) in [5.74, 6) is -1.13. The molecule has 13 nitrogen and oxygen atoms in total. The average Bonchev–Trinajstić information content (AvgIpc) is 2.90. The molecule has 1 fully saturated rings. The van der Waals surface area contributed by atoms with Crippen LogP contribution in [-0.4, -0.2) is 98.3 Å². The first-order chi connectivity index (χ1) is 18.4. The number of unbranched alkanes of at least 4 members (excludes halogenated alkanes) is 8. The third-order valence-electron chi connectivity index (χ3n) is 6.45. The summed E-state index contributed by atoms with van der Waals surface area (Å²) >= 11 is 0. The summed E-state index contributed by atoms with van der Waals surface area (Å²) in [5, 5.41) is 49.3. The van der Waals surface area contributed by atoms with Crippen molar-refractivity contribution in [2.45, 2.75) is 134 Å². The largest absolute Gasteiger partial charge is 0.472 e. The van der Waals surface area contributed by atoms with Gasteiger partial charge in [-0.1, -0.05) is 65.2 Å². The van der Waals surface area contributed by atoms with Gasteiger partial charge in [-0.2, -0.15) is 0 Å². The lowest BCUT2D eigenvalue weighted by atomic mass is 9.85. The Morgan fingerprint density at radius 3 is 1.67 bits per heavy atom. The SMILES string of the molecule is CCCCCCCC(=O)OCC(COP(=O)(O)OC1[C@H](O)[C@H](O)C(O)[C@H](O)[C@H]1O)OC(=O)CCCCCCC. The normalized spacial score (nSPS) is 27.5. The lowest BCUT2D eigenvalue weighted by molar-refractivity contribution is -0.220. The van der Waals surface area contributed by atoms with Crippen LogP contribution in [0.5, 0.6) is 0 Å². The topological polar surface area (TPSA) is 210 Å². The van der Waals surface area contributed by atoms with E-state index in [0.29, 0.717) is 12.8 Å². The molecule has 0 aromatic rings.